The first-order valence-corrected chi connectivity index (χ1v) is 4.70. The van der Waals surface area contributed by atoms with Gasteiger partial charge in [-0.3, -0.25) is 0 Å². The van der Waals surface area contributed by atoms with Crippen LogP contribution in [0.5, 0.6) is 0 Å². The van der Waals surface area contributed by atoms with Crippen LogP contribution in [0, 0.1) is 0 Å². The topological polar surface area (TPSA) is 39.7 Å². The molecule has 0 atom stereocenters. The van der Waals surface area contributed by atoms with Crippen molar-refractivity contribution in [2.75, 3.05) is 0 Å². The Bertz CT molecular complexity index is 416. The summed E-state index contributed by atoms with van der Waals surface area (Å²) in [5.41, 5.74) is 3.22. The van der Waals surface area contributed by atoms with Gasteiger partial charge in [0.05, 0.1) is 0 Å². The highest BCUT2D eigenvalue weighted by Crippen LogP contribution is 2.03. The van der Waals surface area contributed by atoms with Gasteiger partial charge < -0.3 is 5.32 Å². The van der Waals surface area contributed by atoms with Crippen molar-refractivity contribution in [3.05, 3.63) is 47.8 Å². The summed E-state index contributed by atoms with van der Waals surface area (Å²) in [5.74, 6) is -0.671. The molecule has 0 spiro atoms. The summed E-state index contributed by atoms with van der Waals surface area (Å²) in [6.07, 6.45) is 1.08. The molecule has 2 rings (SSSR count). The SMILES string of the molecule is FC1=NN(F)NC(NCc2ccccc2)=C1. The lowest BCUT2D eigenvalue weighted by Gasteiger charge is -2.18. The maximum atomic E-state index is 12.7. The summed E-state index contributed by atoms with van der Waals surface area (Å²) < 4.78 is 25.3. The monoisotopic (exact) mass is 224 g/mol. The Morgan fingerprint density at radius 2 is 2.06 bits per heavy atom. The number of hydrazine groups is 1. The molecule has 0 aliphatic carbocycles. The van der Waals surface area contributed by atoms with Gasteiger partial charge in [0.1, 0.15) is 5.82 Å². The van der Waals surface area contributed by atoms with Crippen molar-refractivity contribution in [1.82, 2.24) is 16.1 Å². The lowest BCUT2D eigenvalue weighted by atomic mass is 10.2. The molecule has 0 fully saturated rings. The first-order valence-electron chi connectivity index (χ1n) is 4.70. The van der Waals surface area contributed by atoms with Gasteiger partial charge in [-0.15, -0.1) is 0 Å². The number of allylic oxidation sites excluding steroid dienone is 1. The molecule has 16 heavy (non-hydrogen) atoms. The molecule has 0 saturated carbocycles. The molecule has 6 heteroatoms. The lowest BCUT2D eigenvalue weighted by molar-refractivity contribution is -0.0231. The summed E-state index contributed by atoms with van der Waals surface area (Å²) >= 11 is 0. The number of hydrogen-bond donors (Lipinski definition) is 2. The van der Waals surface area contributed by atoms with Crippen molar-refractivity contribution < 1.29 is 8.87 Å². The van der Waals surface area contributed by atoms with Crippen molar-refractivity contribution in [3.8, 4) is 0 Å². The van der Waals surface area contributed by atoms with Crippen LogP contribution in [0.25, 0.3) is 0 Å². The number of hydrazone groups is 1. The van der Waals surface area contributed by atoms with E-state index in [-0.39, 0.29) is 11.2 Å². The largest absolute Gasteiger partial charge is 0.366 e. The summed E-state index contributed by atoms with van der Waals surface area (Å²) in [6, 6.07) is 9.51. The summed E-state index contributed by atoms with van der Waals surface area (Å²) in [4.78, 5) is 0. The molecule has 1 heterocycles. The summed E-state index contributed by atoms with van der Waals surface area (Å²) in [5, 5.41) is 5.55. The van der Waals surface area contributed by atoms with Crippen LogP contribution >= 0.6 is 0 Å². The number of nitrogens with one attached hydrogen (secondary N) is 2. The quantitative estimate of drug-likeness (QED) is 0.766. The first-order chi connectivity index (χ1) is 7.74. The molecule has 0 unspecified atom stereocenters. The second-order valence-corrected chi connectivity index (χ2v) is 3.19. The van der Waals surface area contributed by atoms with Gasteiger partial charge >= 0.3 is 0 Å². The Morgan fingerprint density at radius 3 is 2.75 bits per heavy atom. The number of rotatable bonds is 3. The zero-order valence-corrected chi connectivity index (χ0v) is 8.32. The van der Waals surface area contributed by atoms with Gasteiger partial charge in [0, 0.05) is 12.6 Å². The van der Waals surface area contributed by atoms with Crippen molar-refractivity contribution in [3.63, 3.8) is 0 Å². The van der Waals surface area contributed by atoms with E-state index in [0.29, 0.717) is 6.54 Å². The maximum absolute atomic E-state index is 12.7. The molecule has 84 valence electrons. The van der Waals surface area contributed by atoms with Gasteiger partial charge in [0.25, 0.3) is 0 Å². The molecule has 0 radical (unpaired) electrons. The minimum atomic E-state index is -0.892. The predicted molar refractivity (Wildman–Crippen MR) is 56.0 cm³/mol. The summed E-state index contributed by atoms with van der Waals surface area (Å²) in [6.45, 7) is 0.473. The van der Waals surface area contributed by atoms with E-state index in [0.717, 1.165) is 11.6 Å². The molecule has 1 aliphatic rings. The Labute approximate surface area is 91.2 Å². The molecular weight excluding hydrogens is 214 g/mol. The Morgan fingerprint density at radius 1 is 1.31 bits per heavy atom. The molecule has 0 bridgehead atoms. The van der Waals surface area contributed by atoms with Crippen LogP contribution in [-0.4, -0.2) is 11.3 Å². The standard InChI is InChI=1S/C10H10F2N4/c11-9-6-10(15-16(12)14-9)13-7-8-4-2-1-3-5-8/h1-6,13,15H,7H2. The number of nitrogens with zero attached hydrogens (tertiary/aromatic N) is 2. The van der Waals surface area contributed by atoms with Crippen molar-refractivity contribution in [2.45, 2.75) is 6.54 Å². The van der Waals surface area contributed by atoms with Crippen LogP contribution in [0.1, 0.15) is 5.56 Å². The van der Waals surface area contributed by atoms with Crippen molar-refractivity contribution in [1.29, 1.82) is 0 Å². The van der Waals surface area contributed by atoms with Crippen molar-refractivity contribution in [2.24, 2.45) is 5.10 Å². The van der Waals surface area contributed by atoms with Crippen LogP contribution < -0.4 is 10.7 Å². The van der Waals surface area contributed by atoms with Gasteiger partial charge in [-0.2, -0.15) is 4.39 Å². The molecule has 1 aromatic carbocycles. The highest BCUT2D eigenvalue weighted by atomic mass is 19.2. The van der Waals surface area contributed by atoms with Crippen LogP contribution in [0.2, 0.25) is 0 Å². The smallest absolute Gasteiger partial charge is 0.239 e. The molecule has 0 aromatic heterocycles. The van der Waals surface area contributed by atoms with E-state index in [1.54, 1.807) is 0 Å². The van der Waals surface area contributed by atoms with Crippen LogP contribution in [0.4, 0.5) is 8.87 Å². The molecule has 1 aromatic rings. The summed E-state index contributed by atoms with van der Waals surface area (Å²) in [7, 11) is 0. The second-order valence-electron chi connectivity index (χ2n) is 3.19. The van der Waals surface area contributed by atoms with E-state index in [4.69, 9.17) is 0 Å². The molecule has 0 amide bonds. The van der Waals surface area contributed by atoms with Gasteiger partial charge in [-0.1, -0.05) is 39.9 Å². The average Bonchev–Trinajstić information content (AvgIpc) is 2.27. The molecule has 2 N–H and O–H groups in total. The zero-order chi connectivity index (χ0) is 11.4. The number of halogens is 2. The van der Waals surface area contributed by atoms with E-state index in [2.05, 4.69) is 15.8 Å². The highest BCUT2D eigenvalue weighted by Gasteiger charge is 2.11. The minimum absolute atomic E-state index is 0.178. The van der Waals surface area contributed by atoms with E-state index >= 15 is 0 Å². The van der Waals surface area contributed by atoms with E-state index < -0.39 is 5.97 Å². The van der Waals surface area contributed by atoms with Gasteiger partial charge in [0.15, 0.2) is 0 Å². The fourth-order valence-electron chi connectivity index (χ4n) is 1.27. The van der Waals surface area contributed by atoms with Gasteiger partial charge in [-0.05, 0) is 10.9 Å². The third-order valence-electron chi connectivity index (χ3n) is 1.99. The van der Waals surface area contributed by atoms with Gasteiger partial charge in [0.2, 0.25) is 5.97 Å². The first kappa shape index (κ1) is 10.4. The normalized spacial score (nSPS) is 15.0. The fraction of sp³-hybridized carbons (Fsp3) is 0.100. The Balaban J connectivity index is 1.94. The van der Waals surface area contributed by atoms with E-state index in [9.17, 15) is 8.87 Å². The molecule has 1 aliphatic heterocycles. The minimum Gasteiger partial charge on any atom is -0.366 e. The average molecular weight is 224 g/mol. The molecule has 4 nitrogen and oxygen atoms in total. The van der Waals surface area contributed by atoms with Gasteiger partial charge in [-0.25, -0.2) is 5.43 Å². The van der Waals surface area contributed by atoms with E-state index in [1.807, 2.05) is 30.3 Å². The highest BCUT2D eigenvalue weighted by molar-refractivity contribution is 5.87. The van der Waals surface area contributed by atoms with E-state index in [1.165, 1.54) is 0 Å². The third kappa shape index (κ3) is 2.69. The Hall–Kier alpha value is -2.11. The van der Waals surface area contributed by atoms with Crippen molar-refractivity contribution >= 4 is 5.97 Å². The predicted octanol–water partition coefficient (Wildman–Crippen LogP) is 1.61. The van der Waals surface area contributed by atoms with Crippen LogP contribution in [0.3, 0.4) is 0 Å². The zero-order valence-electron chi connectivity index (χ0n) is 8.32. The maximum Gasteiger partial charge on any atom is 0.239 e. The number of benzene rings is 1. The number of hydrogen-bond acceptors (Lipinski definition) is 4. The molecule has 0 saturated heterocycles. The van der Waals surface area contributed by atoms with Crippen LogP contribution in [-0.2, 0) is 6.54 Å². The van der Waals surface area contributed by atoms with Crippen LogP contribution in [0.15, 0.2) is 47.3 Å². The third-order valence-corrected chi connectivity index (χ3v) is 1.99. The molecular formula is C10H10F2N4. The lowest BCUT2D eigenvalue weighted by Crippen LogP contribution is -2.36. The Kier molecular flexibility index (Phi) is 3.00. The fourth-order valence-corrected chi connectivity index (χ4v) is 1.27. The second kappa shape index (κ2) is 4.61.